The van der Waals surface area contributed by atoms with Crippen molar-refractivity contribution in [2.75, 3.05) is 6.54 Å². The van der Waals surface area contributed by atoms with Crippen LogP contribution in [-0.2, 0) is 4.79 Å². The van der Waals surface area contributed by atoms with E-state index in [1.165, 1.54) is 25.7 Å². The fraction of sp³-hybridized carbons (Fsp3) is 0.722. The SMILES string of the molecule is CCCCCC#CC(=O)/C=C(/CCCCC)NCCC. The lowest BCUT2D eigenvalue weighted by Crippen LogP contribution is -2.15. The summed E-state index contributed by atoms with van der Waals surface area (Å²) in [5.41, 5.74) is 1.05. The fourth-order valence-electron chi connectivity index (χ4n) is 1.87. The molecule has 0 unspecified atom stereocenters. The van der Waals surface area contributed by atoms with Crippen molar-refractivity contribution in [3.8, 4) is 11.8 Å². The van der Waals surface area contributed by atoms with E-state index in [4.69, 9.17) is 0 Å². The lowest BCUT2D eigenvalue weighted by Gasteiger charge is -2.09. The van der Waals surface area contributed by atoms with Gasteiger partial charge in [0, 0.05) is 24.7 Å². The molecule has 0 aliphatic heterocycles. The summed E-state index contributed by atoms with van der Waals surface area (Å²) < 4.78 is 0. The third kappa shape index (κ3) is 11.8. The summed E-state index contributed by atoms with van der Waals surface area (Å²) in [6.45, 7) is 7.42. The molecule has 2 nitrogen and oxygen atoms in total. The van der Waals surface area contributed by atoms with Gasteiger partial charge in [-0.25, -0.2) is 0 Å². The maximum absolute atomic E-state index is 11.8. The first-order valence-corrected chi connectivity index (χ1v) is 8.21. The Morgan fingerprint density at radius 3 is 2.35 bits per heavy atom. The van der Waals surface area contributed by atoms with E-state index >= 15 is 0 Å². The predicted octanol–water partition coefficient (Wildman–Crippen LogP) is 4.60. The Labute approximate surface area is 125 Å². The molecule has 0 saturated heterocycles. The highest BCUT2D eigenvalue weighted by molar-refractivity contribution is 6.04. The van der Waals surface area contributed by atoms with Gasteiger partial charge in [-0.3, -0.25) is 4.79 Å². The van der Waals surface area contributed by atoms with E-state index in [1.807, 2.05) is 0 Å². The summed E-state index contributed by atoms with van der Waals surface area (Å²) in [7, 11) is 0. The zero-order valence-corrected chi connectivity index (χ0v) is 13.6. The van der Waals surface area contributed by atoms with Gasteiger partial charge in [-0.05, 0) is 31.6 Å². The van der Waals surface area contributed by atoms with Crippen LogP contribution in [0.4, 0.5) is 0 Å². The summed E-state index contributed by atoms with van der Waals surface area (Å²) in [5, 5.41) is 3.34. The minimum atomic E-state index is -0.0587. The Hall–Kier alpha value is -1.23. The predicted molar refractivity (Wildman–Crippen MR) is 87.4 cm³/mol. The van der Waals surface area contributed by atoms with Crippen molar-refractivity contribution >= 4 is 5.78 Å². The van der Waals surface area contributed by atoms with Crippen LogP contribution in [-0.4, -0.2) is 12.3 Å². The molecule has 114 valence electrons. The number of carbonyl (C=O) groups is 1. The highest BCUT2D eigenvalue weighted by atomic mass is 16.1. The van der Waals surface area contributed by atoms with E-state index in [0.717, 1.165) is 44.3 Å². The van der Waals surface area contributed by atoms with Crippen molar-refractivity contribution in [1.82, 2.24) is 5.32 Å². The summed E-state index contributed by atoms with van der Waals surface area (Å²) in [6.07, 6.45) is 11.6. The molecule has 0 aliphatic rings. The average Bonchev–Trinajstić information content (AvgIpc) is 2.44. The van der Waals surface area contributed by atoms with Crippen molar-refractivity contribution in [2.24, 2.45) is 0 Å². The van der Waals surface area contributed by atoms with Crippen LogP contribution < -0.4 is 5.32 Å². The first-order chi connectivity index (χ1) is 9.74. The minimum Gasteiger partial charge on any atom is -0.388 e. The van der Waals surface area contributed by atoms with Crippen LogP contribution in [0.15, 0.2) is 11.8 Å². The number of unbranched alkanes of at least 4 members (excludes halogenated alkanes) is 5. The molecule has 0 aromatic heterocycles. The van der Waals surface area contributed by atoms with E-state index < -0.39 is 0 Å². The number of allylic oxidation sites excluding steroid dienone is 2. The number of hydrogen-bond donors (Lipinski definition) is 1. The van der Waals surface area contributed by atoms with E-state index in [2.05, 4.69) is 37.9 Å². The molecule has 0 radical (unpaired) electrons. The number of hydrogen-bond acceptors (Lipinski definition) is 2. The minimum absolute atomic E-state index is 0.0587. The second-order valence-corrected chi connectivity index (χ2v) is 5.18. The molecule has 0 amide bonds. The second kappa shape index (κ2) is 14.2. The number of rotatable bonds is 11. The maximum Gasteiger partial charge on any atom is 0.230 e. The van der Waals surface area contributed by atoms with Crippen LogP contribution >= 0.6 is 0 Å². The van der Waals surface area contributed by atoms with Gasteiger partial charge in [0.2, 0.25) is 5.78 Å². The highest BCUT2D eigenvalue weighted by Crippen LogP contribution is 2.06. The molecule has 0 spiro atoms. The Morgan fingerprint density at radius 1 is 1.00 bits per heavy atom. The standard InChI is InChI=1S/C18H31NO/c1-4-7-9-10-12-14-18(20)16-17(19-15-6-3)13-11-8-5-2/h16,19H,4-11,13,15H2,1-3H3/b17-16-. The van der Waals surface area contributed by atoms with Gasteiger partial charge in [0.05, 0.1) is 0 Å². The first-order valence-electron chi connectivity index (χ1n) is 8.21. The summed E-state index contributed by atoms with van der Waals surface area (Å²) in [5.74, 6) is 5.65. The first kappa shape index (κ1) is 18.8. The van der Waals surface area contributed by atoms with Gasteiger partial charge in [-0.2, -0.15) is 0 Å². The summed E-state index contributed by atoms with van der Waals surface area (Å²) >= 11 is 0. The molecule has 0 fully saturated rings. The van der Waals surface area contributed by atoms with E-state index in [0.29, 0.717) is 0 Å². The molecule has 1 N–H and O–H groups in total. The number of ketones is 1. The Bertz CT molecular complexity index is 333. The smallest absolute Gasteiger partial charge is 0.230 e. The zero-order chi connectivity index (χ0) is 15.1. The fourth-order valence-corrected chi connectivity index (χ4v) is 1.87. The zero-order valence-electron chi connectivity index (χ0n) is 13.6. The molecule has 0 aromatic rings. The number of carbonyl (C=O) groups excluding carboxylic acids is 1. The lowest BCUT2D eigenvalue weighted by molar-refractivity contribution is -0.109. The largest absolute Gasteiger partial charge is 0.388 e. The van der Waals surface area contributed by atoms with Crippen LogP contribution in [0, 0.1) is 11.8 Å². The van der Waals surface area contributed by atoms with Gasteiger partial charge in [0.1, 0.15) is 0 Å². The molecule has 0 rings (SSSR count). The van der Waals surface area contributed by atoms with Crippen LogP contribution in [0.5, 0.6) is 0 Å². The molecule has 0 aliphatic carbocycles. The Kier molecular flexibility index (Phi) is 13.3. The quantitative estimate of drug-likeness (QED) is 0.259. The van der Waals surface area contributed by atoms with Gasteiger partial charge in [-0.1, -0.05) is 52.4 Å². The van der Waals surface area contributed by atoms with E-state index in [-0.39, 0.29) is 5.78 Å². The Balaban J connectivity index is 4.26. The second-order valence-electron chi connectivity index (χ2n) is 5.18. The van der Waals surface area contributed by atoms with E-state index in [1.54, 1.807) is 6.08 Å². The normalized spacial score (nSPS) is 10.8. The van der Waals surface area contributed by atoms with Gasteiger partial charge in [0.15, 0.2) is 0 Å². The third-order valence-electron chi connectivity index (χ3n) is 3.07. The van der Waals surface area contributed by atoms with Crippen molar-refractivity contribution < 1.29 is 4.79 Å². The number of nitrogens with one attached hydrogen (secondary N) is 1. The molecular formula is C18H31NO. The molecule has 0 heterocycles. The van der Waals surface area contributed by atoms with E-state index in [9.17, 15) is 4.79 Å². The summed E-state index contributed by atoms with van der Waals surface area (Å²) in [6, 6.07) is 0. The lowest BCUT2D eigenvalue weighted by atomic mass is 10.1. The van der Waals surface area contributed by atoms with Crippen molar-refractivity contribution in [3.63, 3.8) is 0 Å². The third-order valence-corrected chi connectivity index (χ3v) is 3.07. The van der Waals surface area contributed by atoms with Gasteiger partial charge >= 0.3 is 0 Å². The van der Waals surface area contributed by atoms with Crippen molar-refractivity contribution in [3.05, 3.63) is 11.8 Å². The molecule has 0 bridgehead atoms. The molecule has 2 heteroatoms. The van der Waals surface area contributed by atoms with Gasteiger partial charge < -0.3 is 5.32 Å². The Morgan fingerprint density at radius 2 is 1.70 bits per heavy atom. The molecule has 0 atom stereocenters. The monoisotopic (exact) mass is 277 g/mol. The molecule has 0 saturated carbocycles. The van der Waals surface area contributed by atoms with Gasteiger partial charge in [-0.15, -0.1) is 0 Å². The van der Waals surface area contributed by atoms with Crippen LogP contribution in [0.25, 0.3) is 0 Å². The van der Waals surface area contributed by atoms with Crippen molar-refractivity contribution in [2.45, 2.75) is 78.6 Å². The molecular weight excluding hydrogens is 246 g/mol. The van der Waals surface area contributed by atoms with Crippen molar-refractivity contribution in [1.29, 1.82) is 0 Å². The average molecular weight is 277 g/mol. The highest BCUT2D eigenvalue weighted by Gasteiger charge is 1.99. The topological polar surface area (TPSA) is 29.1 Å². The summed E-state index contributed by atoms with van der Waals surface area (Å²) in [4.78, 5) is 11.8. The van der Waals surface area contributed by atoms with Crippen LogP contribution in [0.2, 0.25) is 0 Å². The van der Waals surface area contributed by atoms with Crippen LogP contribution in [0.3, 0.4) is 0 Å². The van der Waals surface area contributed by atoms with Crippen LogP contribution in [0.1, 0.15) is 78.6 Å². The molecule has 0 aromatic carbocycles. The maximum atomic E-state index is 11.8. The van der Waals surface area contributed by atoms with Gasteiger partial charge in [0.25, 0.3) is 0 Å². The molecule has 20 heavy (non-hydrogen) atoms.